The zero-order valence-electron chi connectivity index (χ0n) is 11.4. The van der Waals surface area contributed by atoms with Crippen LogP contribution in [0.2, 0.25) is 0 Å². The molecule has 1 aromatic carbocycles. The maximum atomic E-state index is 13.6. The maximum Gasteiger partial charge on any atom is 0.466 e. The molecule has 0 bridgehead atoms. The summed E-state index contributed by atoms with van der Waals surface area (Å²) in [4.78, 5) is 21.4. The molecule has 0 aliphatic rings. The molecule has 1 rings (SSSR count). The van der Waals surface area contributed by atoms with Crippen molar-refractivity contribution in [1.82, 2.24) is 0 Å². The zero-order valence-corrected chi connectivity index (χ0v) is 13.8. The second-order valence-electron chi connectivity index (χ2n) is 4.13. The molecule has 0 fully saturated rings. The van der Waals surface area contributed by atoms with Gasteiger partial charge in [0, 0.05) is 12.1 Å². The van der Waals surface area contributed by atoms with Gasteiger partial charge < -0.3 is 9.47 Å². The minimum Gasteiger partial charge on any atom is -0.422 e. The van der Waals surface area contributed by atoms with E-state index in [1.165, 1.54) is 6.92 Å². The number of esters is 2. The van der Waals surface area contributed by atoms with Gasteiger partial charge in [-0.2, -0.15) is 17.2 Å². The van der Waals surface area contributed by atoms with Gasteiger partial charge in [-0.25, -0.2) is 13.6 Å². The number of hydrogen-bond acceptors (Lipinski definition) is 6. The molecule has 0 aliphatic carbocycles. The molecule has 7 nitrogen and oxygen atoms in total. The Balaban J connectivity index is 3.10. The Kier molecular flexibility index (Phi) is 5.95. The third-order valence-corrected chi connectivity index (χ3v) is 3.47. The molecular formula is C11H7BrF4O7S. The standard InChI is InChI=1S/C11H7BrF4O7S/c1-4(12)9(17)22-7-2-6(14)8(3-5(7)13)23-10(18)11(15,16)24(19,20)21/h2-4H,1H3,(H,19,20,21). The second-order valence-corrected chi connectivity index (χ2v) is 6.97. The van der Waals surface area contributed by atoms with Crippen molar-refractivity contribution in [2.24, 2.45) is 0 Å². The third-order valence-electron chi connectivity index (χ3n) is 2.29. The highest BCUT2D eigenvalue weighted by atomic mass is 79.9. The van der Waals surface area contributed by atoms with Crippen LogP contribution in [0.5, 0.6) is 11.5 Å². The van der Waals surface area contributed by atoms with Crippen LogP contribution in [0, 0.1) is 11.6 Å². The smallest absolute Gasteiger partial charge is 0.422 e. The lowest BCUT2D eigenvalue weighted by molar-refractivity contribution is -0.151. The van der Waals surface area contributed by atoms with Crippen LogP contribution < -0.4 is 9.47 Å². The van der Waals surface area contributed by atoms with Crippen LogP contribution in [0.4, 0.5) is 17.6 Å². The van der Waals surface area contributed by atoms with Gasteiger partial charge in [-0.3, -0.25) is 9.35 Å². The number of alkyl halides is 3. The van der Waals surface area contributed by atoms with E-state index in [0.29, 0.717) is 0 Å². The molecule has 0 radical (unpaired) electrons. The fourth-order valence-corrected chi connectivity index (χ4v) is 1.47. The minimum atomic E-state index is -6.18. The molecule has 0 aliphatic heterocycles. The Bertz CT molecular complexity index is 779. The van der Waals surface area contributed by atoms with Crippen molar-refractivity contribution in [3.8, 4) is 11.5 Å². The maximum absolute atomic E-state index is 13.6. The molecule has 24 heavy (non-hydrogen) atoms. The van der Waals surface area contributed by atoms with Gasteiger partial charge in [0.1, 0.15) is 4.83 Å². The molecule has 0 aromatic heterocycles. The number of carbonyl (C=O) groups excluding carboxylic acids is 2. The Morgan fingerprint density at radius 1 is 1.17 bits per heavy atom. The van der Waals surface area contributed by atoms with Crippen molar-refractivity contribution >= 4 is 38.0 Å². The summed E-state index contributed by atoms with van der Waals surface area (Å²) in [5.41, 5.74) is 0. The van der Waals surface area contributed by atoms with Gasteiger partial charge in [-0.05, 0) is 6.92 Å². The van der Waals surface area contributed by atoms with Gasteiger partial charge in [0.25, 0.3) is 0 Å². The van der Waals surface area contributed by atoms with E-state index >= 15 is 0 Å². The molecule has 0 amide bonds. The lowest BCUT2D eigenvalue weighted by Gasteiger charge is -2.13. The van der Waals surface area contributed by atoms with Crippen molar-refractivity contribution < 1.29 is 49.6 Å². The van der Waals surface area contributed by atoms with Gasteiger partial charge >= 0.3 is 27.3 Å². The summed E-state index contributed by atoms with van der Waals surface area (Å²) in [5.74, 6) is -9.27. The fourth-order valence-electron chi connectivity index (χ4n) is 1.12. The number of benzene rings is 1. The molecule has 1 N–H and O–H groups in total. The Morgan fingerprint density at radius 3 is 1.96 bits per heavy atom. The molecule has 1 atom stereocenters. The summed E-state index contributed by atoms with van der Waals surface area (Å²) in [7, 11) is -6.18. The average Bonchev–Trinajstić information content (AvgIpc) is 2.42. The second kappa shape index (κ2) is 7.03. The molecule has 0 spiro atoms. The van der Waals surface area contributed by atoms with Crippen molar-refractivity contribution in [1.29, 1.82) is 0 Å². The third kappa shape index (κ3) is 4.42. The molecule has 0 saturated heterocycles. The average molecular weight is 439 g/mol. The number of rotatable bonds is 5. The van der Waals surface area contributed by atoms with Crippen LogP contribution in [0.15, 0.2) is 12.1 Å². The highest BCUT2D eigenvalue weighted by molar-refractivity contribution is 9.10. The lowest BCUT2D eigenvalue weighted by Crippen LogP contribution is -2.40. The topological polar surface area (TPSA) is 107 Å². The van der Waals surface area contributed by atoms with Gasteiger partial charge in [0.15, 0.2) is 23.1 Å². The summed E-state index contributed by atoms with van der Waals surface area (Å²) in [6.07, 6.45) is 0. The van der Waals surface area contributed by atoms with Crippen molar-refractivity contribution in [2.75, 3.05) is 0 Å². The normalized spacial score (nSPS) is 13.3. The van der Waals surface area contributed by atoms with Gasteiger partial charge in [-0.15, -0.1) is 0 Å². The van der Waals surface area contributed by atoms with E-state index in [9.17, 15) is 35.6 Å². The highest BCUT2D eigenvalue weighted by Gasteiger charge is 2.54. The summed E-state index contributed by atoms with van der Waals surface area (Å²) in [6.45, 7) is 1.32. The van der Waals surface area contributed by atoms with Crippen LogP contribution in [0.1, 0.15) is 6.92 Å². The van der Waals surface area contributed by atoms with Crippen molar-refractivity contribution in [3.63, 3.8) is 0 Å². The largest absolute Gasteiger partial charge is 0.466 e. The molecule has 0 heterocycles. The quantitative estimate of drug-likeness (QED) is 0.246. The number of ether oxygens (including phenoxy) is 2. The van der Waals surface area contributed by atoms with E-state index in [-0.39, 0.29) is 12.1 Å². The molecule has 134 valence electrons. The van der Waals surface area contributed by atoms with Crippen molar-refractivity contribution in [2.45, 2.75) is 17.0 Å². The Morgan fingerprint density at radius 2 is 1.58 bits per heavy atom. The Hall–Kier alpha value is -1.73. The predicted octanol–water partition coefficient (Wildman–Crippen LogP) is 2.04. The molecular weight excluding hydrogens is 432 g/mol. The first-order valence-electron chi connectivity index (χ1n) is 5.69. The van der Waals surface area contributed by atoms with Crippen LogP contribution >= 0.6 is 15.9 Å². The summed E-state index contributed by atoms with van der Waals surface area (Å²) >= 11 is 2.80. The monoisotopic (exact) mass is 438 g/mol. The molecule has 1 unspecified atom stereocenters. The highest BCUT2D eigenvalue weighted by Crippen LogP contribution is 2.30. The summed E-state index contributed by atoms with van der Waals surface area (Å²) in [6, 6.07) is 0.297. The van der Waals surface area contributed by atoms with Crippen LogP contribution in [-0.4, -0.2) is 35.0 Å². The summed E-state index contributed by atoms with van der Waals surface area (Å²) in [5, 5.41) is -5.40. The van der Waals surface area contributed by atoms with E-state index in [2.05, 4.69) is 25.4 Å². The first-order valence-corrected chi connectivity index (χ1v) is 8.05. The van der Waals surface area contributed by atoms with Gasteiger partial charge in [0.05, 0.1) is 0 Å². The van der Waals surface area contributed by atoms with Crippen LogP contribution in [0.3, 0.4) is 0 Å². The number of halogens is 5. The van der Waals surface area contributed by atoms with E-state index in [4.69, 9.17) is 4.55 Å². The fraction of sp³-hybridized carbons (Fsp3) is 0.273. The first kappa shape index (κ1) is 20.3. The number of hydrogen-bond donors (Lipinski definition) is 1. The SMILES string of the molecule is CC(Br)C(=O)Oc1cc(F)c(OC(=O)C(F)(F)S(=O)(=O)O)cc1F. The molecule has 13 heteroatoms. The van der Waals surface area contributed by atoms with Gasteiger partial charge in [0.2, 0.25) is 0 Å². The minimum absolute atomic E-state index is 0.0782. The molecule has 0 saturated carbocycles. The Labute approximate surface area is 140 Å². The van der Waals surface area contributed by atoms with E-state index in [1.54, 1.807) is 0 Å². The van der Waals surface area contributed by atoms with Crippen LogP contribution in [0.25, 0.3) is 0 Å². The predicted molar refractivity (Wildman–Crippen MR) is 72.5 cm³/mol. The summed E-state index contributed by atoms with van der Waals surface area (Å²) < 4.78 is 90.3. The number of carbonyl (C=O) groups is 2. The zero-order chi connectivity index (χ0) is 18.9. The first-order chi connectivity index (χ1) is 10.8. The van der Waals surface area contributed by atoms with E-state index in [0.717, 1.165) is 0 Å². The lowest BCUT2D eigenvalue weighted by atomic mass is 10.3. The van der Waals surface area contributed by atoms with Crippen LogP contribution in [-0.2, 0) is 19.7 Å². The molecule has 1 aromatic rings. The van der Waals surface area contributed by atoms with Gasteiger partial charge in [-0.1, -0.05) is 15.9 Å². The van der Waals surface area contributed by atoms with E-state index in [1.807, 2.05) is 0 Å². The van der Waals surface area contributed by atoms with Crippen molar-refractivity contribution in [3.05, 3.63) is 23.8 Å². The van der Waals surface area contributed by atoms with E-state index < -0.39 is 55.3 Å².